The largest absolute Gasteiger partial charge is 0.274 e. The predicted molar refractivity (Wildman–Crippen MR) is 77.9 cm³/mol. The van der Waals surface area contributed by atoms with E-state index in [1.165, 1.54) is 34.7 Å². The number of non-ortho nitro benzene ring substituents is 1. The molecule has 1 heterocycles. The molecule has 1 saturated heterocycles. The van der Waals surface area contributed by atoms with Crippen molar-refractivity contribution in [1.29, 1.82) is 0 Å². The van der Waals surface area contributed by atoms with Crippen LogP contribution in [-0.2, 0) is 9.59 Å². The van der Waals surface area contributed by atoms with Crippen LogP contribution >= 0.6 is 0 Å². The average Bonchev–Trinajstić information content (AvgIpc) is 3.11. The summed E-state index contributed by atoms with van der Waals surface area (Å²) in [5, 5.41) is 10.7. The van der Waals surface area contributed by atoms with Crippen LogP contribution in [-0.4, -0.2) is 16.7 Å². The summed E-state index contributed by atoms with van der Waals surface area (Å²) in [4.78, 5) is 36.8. The first-order valence-corrected chi connectivity index (χ1v) is 7.29. The molecule has 0 unspecified atom stereocenters. The number of nitro benzene ring substituents is 1. The molecule has 0 radical (unpaired) electrons. The Labute approximate surface area is 126 Å². The van der Waals surface area contributed by atoms with Gasteiger partial charge in [-0.1, -0.05) is 11.6 Å². The molecule has 1 aromatic rings. The van der Waals surface area contributed by atoms with Gasteiger partial charge >= 0.3 is 0 Å². The molecule has 3 aliphatic rings. The number of anilines is 1. The third kappa shape index (κ3) is 1.55. The van der Waals surface area contributed by atoms with E-state index in [1.807, 2.05) is 6.92 Å². The van der Waals surface area contributed by atoms with Gasteiger partial charge in [0, 0.05) is 12.1 Å². The van der Waals surface area contributed by atoms with Crippen LogP contribution < -0.4 is 4.90 Å². The van der Waals surface area contributed by atoms with Gasteiger partial charge in [0.05, 0.1) is 22.4 Å². The second-order valence-electron chi connectivity index (χ2n) is 6.25. The zero-order chi connectivity index (χ0) is 15.6. The summed E-state index contributed by atoms with van der Waals surface area (Å²) in [6.45, 7) is 2.02. The van der Waals surface area contributed by atoms with Crippen molar-refractivity contribution in [3.63, 3.8) is 0 Å². The van der Waals surface area contributed by atoms with Crippen molar-refractivity contribution < 1.29 is 14.5 Å². The van der Waals surface area contributed by atoms with Crippen LogP contribution in [0.4, 0.5) is 11.4 Å². The van der Waals surface area contributed by atoms with E-state index in [4.69, 9.17) is 0 Å². The number of allylic oxidation sites excluding steroid dienone is 2. The number of imide groups is 1. The lowest BCUT2D eigenvalue weighted by Gasteiger charge is -2.19. The number of fused-ring (bicyclic) bond motifs is 5. The molecule has 22 heavy (non-hydrogen) atoms. The van der Waals surface area contributed by atoms with Crippen LogP contribution in [0, 0.1) is 33.8 Å². The highest BCUT2D eigenvalue weighted by Gasteiger charge is 2.60. The molecule has 1 aliphatic heterocycles. The van der Waals surface area contributed by atoms with Gasteiger partial charge in [-0.15, -0.1) is 0 Å². The maximum Gasteiger partial charge on any atom is 0.269 e. The Balaban J connectivity index is 1.69. The van der Waals surface area contributed by atoms with Crippen LogP contribution in [0.3, 0.4) is 0 Å². The summed E-state index contributed by atoms with van der Waals surface area (Å²) in [7, 11) is 0. The van der Waals surface area contributed by atoms with Gasteiger partial charge in [0.2, 0.25) is 11.8 Å². The topological polar surface area (TPSA) is 80.5 Å². The number of carbonyl (C=O) groups is 2. The summed E-state index contributed by atoms with van der Waals surface area (Å²) >= 11 is 0. The maximum atomic E-state index is 12.7. The summed E-state index contributed by atoms with van der Waals surface area (Å²) in [5.41, 5.74) is 1.57. The van der Waals surface area contributed by atoms with Gasteiger partial charge in [-0.05, 0) is 37.3 Å². The number of rotatable bonds is 2. The molecule has 112 valence electrons. The fraction of sp³-hybridized carbons (Fsp3) is 0.375. The molecule has 2 fully saturated rings. The number of carbonyl (C=O) groups excluding carboxylic acids is 2. The maximum absolute atomic E-state index is 12.7. The summed E-state index contributed by atoms with van der Waals surface area (Å²) < 4.78 is 0. The van der Waals surface area contributed by atoms with Gasteiger partial charge in [0.1, 0.15) is 0 Å². The fourth-order valence-corrected chi connectivity index (χ4v) is 4.25. The van der Waals surface area contributed by atoms with Crippen LogP contribution in [0.5, 0.6) is 0 Å². The molecule has 2 bridgehead atoms. The highest BCUT2D eigenvalue weighted by molar-refractivity contribution is 6.22. The lowest BCUT2D eigenvalue weighted by molar-refractivity contribution is -0.384. The van der Waals surface area contributed by atoms with E-state index in [9.17, 15) is 19.7 Å². The number of benzene rings is 1. The smallest absolute Gasteiger partial charge is 0.269 e. The quantitative estimate of drug-likeness (QED) is 0.363. The van der Waals surface area contributed by atoms with Crippen molar-refractivity contribution in [2.45, 2.75) is 13.3 Å². The van der Waals surface area contributed by atoms with Gasteiger partial charge in [-0.3, -0.25) is 24.6 Å². The number of nitrogens with zero attached hydrogens (tertiary/aromatic N) is 2. The van der Waals surface area contributed by atoms with E-state index in [1.54, 1.807) is 0 Å². The van der Waals surface area contributed by atoms with E-state index in [2.05, 4.69) is 6.08 Å². The molecule has 1 saturated carbocycles. The van der Waals surface area contributed by atoms with Crippen LogP contribution in [0.1, 0.15) is 13.3 Å². The normalized spacial score (nSPS) is 32.4. The van der Waals surface area contributed by atoms with Crippen LogP contribution in [0.25, 0.3) is 0 Å². The van der Waals surface area contributed by atoms with Crippen LogP contribution in [0.2, 0.25) is 0 Å². The van der Waals surface area contributed by atoms with Crippen molar-refractivity contribution in [3.8, 4) is 0 Å². The number of amides is 2. The highest BCUT2D eigenvalue weighted by atomic mass is 16.6. The van der Waals surface area contributed by atoms with Gasteiger partial charge in [-0.25, -0.2) is 0 Å². The molecule has 2 aliphatic carbocycles. The Kier molecular flexibility index (Phi) is 2.55. The lowest BCUT2D eigenvalue weighted by atomic mass is 9.82. The van der Waals surface area contributed by atoms with E-state index in [0.717, 1.165) is 6.42 Å². The Morgan fingerprint density at radius 3 is 2.41 bits per heavy atom. The van der Waals surface area contributed by atoms with Gasteiger partial charge in [0.25, 0.3) is 5.69 Å². The van der Waals surface area contributed by atoms with Crippen molar-refractivity contribution in [3.05, 3.63) is 46.0 Å². The Morgan fingerprint density at radius 1 is 1.14 bits per heavy atom. The third-order valence-corrected chi connectivity index (χ3v) is 5.20. The van der Waals surface area contributed by atoms with E-state index in [0.29, 0.717) is 5.69 Å². The molecule has 4 atom stereocenters. The third-order valence-electron chi connectivity index (χ3n) is 5.20. The Hall–Kier alpha value is -2.50. The highest BCUT2D eigenvalue weighted by Crippen LogP contribution is 2.55. The van der Waals surface area contributed by atoms with E-state index in [-0.39, 0.29) is 41.2 Å². The second kappa shape index (κ2) is 4.25. The first-order valence-electron chi connectivity index (χ1n) is 7.29. The number of hydrogen-bond acceptors (Lipinski definition) is 4. The van der Waals surface area contributed by atoms with Gasteiger partial charge in [-0.2, -0.15) is 0 Å². The summed E-state index contributed by atoms with van der Waals surface area (Å²) in [6, 6.07) is 5.58. The molecule has 6 heteroatoms. The zero-order valence-electron chi connectivity index (χ0n) is 11.9. The number of nitro groups is 1. The molecule has 2 amide bonds. The minimum Gasteiger partial charge on any atom is -0.274 e. The number of hydrogen-bond donors (Lipinski definition) is 0. The van der Waals surface area contributed by atoms with E-state index < -0.39 is 4.92 Å². The molecular weight excluding hydrogens is 284 g/mol. The standard InChI is InChI=1S/C16H14N2O4/c1-8-6-9-7-12(8)14-13(9)15(19)17(16(14)20)10-2-4-11(5-3-10)18(21)22/h2-6,9,12-14H,7H2,1H3/t9-,12+,13+,14-/m0/s1. The minimum atomic E-state index is -0.500. The van der Waals surface area contributed by atoms with Crippen molar-refractivity contribution in [1.82, 2.24) is 0 Å². The van der Waals surface area contributed by atoms with Gasteiger partial charge in [0.15, 0.2) is 0 Å². The first-order chi connectivity index (χ1) is 10.5. The monoisotopic (exact) mass is 298 g/mol. The van der Waals surface area contributed by atoms with Gasteiger partial charge < -0.3 is 0 Å². The van der Waals surface area contributed by atoms with Crippen molar-refractivity contribution >= 4 is 23.2 Å². The van der Waals surface area contributed by atoms with Crippen molar-refractivity contribution in [2.75, 3.05) is 4.90 Å². The molecule has 1 aromatic carbocycles. The van der Waals surface area contributed by atoms with Crippen molar-refractivity contribution in [2.24, 2.45) is 23.7 Å². The predicted octanol–water partition coefficient (Wildman–Crippen LogP) is 2.30. The first kappa shape index (κ1) is 13.2. The molecule has 0 spiro atoms. The molecular formula is C16H14N2O4. The summed E-state index contributed by atoms with van der Waals surface area (Å²) in [5.74, 6) is -0.498. The molecule has 6 nitrogen and oxygen atoms in total. The Bertz CT molecular complexity index is 737. The molecule has 0 N–H and O–H groups in total. The fourth-order valence-electron chi connectivity index (χ4n) is 4.25. The SMILES string of the molecule is CC1=C[C@H]2C[C@H]1[C@@H]1C(=O)N(c3ccc([N+](=O)[O-])cc3)C(=O)[C@@H]12. The van der Waals surface area contributed by atoms with E-state index >= 15 is 0 Å². The lowest BCUT2D eigenvalue weighted by Crippen LogP contribution is -2.32. The second-order valence-corrected chi connectivity index (χ2v) is 6.25. The minimum absolute atomic E-state index is 0.0550. The zero-order valence-corrected chi connectivity index (χ0v) is 11.9. The summed E-state index contributed by atoms with van der Waals surface area (Å²) in [6.07, 6.45) is 3.02. The molecule has 0 aromatic heterocycles. The Morgan fingerprint density at radius 2 is 1.77 bits per heavy atom. The average molecular weight is 298 g/mol. The molecule has 4 rings (SSSR count). The van der Waals surface area contributed by atoms with Crippen LogP contribution in [0.15, 0.2) is 35.9 Å².